The number of halogens is 1. The number of hydrogen-bond donors (Lipinski definition) is 1. The van der Waals surface area contributed by atoms with Crippen molar-refractivity contribution in [1.29, 1.82) is 0 Å². The number of rotatable bonds is 8. The first-order chi connectivity index (χ1) is 14.7. The highest BCUT2D eigenvalue weighted by atomic mass is 35.5. The molecule has 3 rings (SSSR count). The fourth-order valence-electron chi connectivity index (χ4n) is 3.97. The Hall–Kier alpha value is -2.04. The second-order valence-corrected chi connectivity index (χ2v) is 10.1. The third-order valence-electron chi connectivity index (χ3n) is 5.90. The smallest absolute Gasteiger partial charge is 0.251 e. The zero-order valence-electron chi connectivity index (χ0n) is 20.2. The number of hydrogen-bond acceptors (Lipinski definition) is 3. The minimum Gasteiger partial charge on any atom is -0.493 e. The topological polar surface area (TPSA) is 41.6 Å². The molecule has 1 N–H and O–H groups in total. The van der Waals surface area contributed by atoms with E-state index in [-0.39, 0.29) is 29.8 Å². The van der Waals surface area contributed by atoms with Crippen LogP contribution in [0.5, 0.6) is 5.75 Å². The molecular formula is C27H39ClN2O2. The Bertz CT molecular complexity index is 835. The number of ether oxygens (including phenoxy) is 1. The number of carbonyl (C=O) groups is 1. The monoisotopic (exact) mass is 458 g/mol. The van der Waals surface area contributed by atoms with Gasteiger partial charge < -0.3 is 10.1 Å². The average Bonchev–Trinajstić information content (AvgIpc) is 3.27. The van der Waals surface area contributed by atoms with Crippen LogP contribution in [-0.2, 0) is 5.41 Å². The Kier molecular flexibility index (Phi) is 9.60. The van der Waals surface area contributed by atoms with Gasteiger partial charge in [0.15, 0.2) is 0 Å². The molecule has 1 fully saturated rings. The van der Waals surface area contributed by atoms with E-state index in [1.165, 1.54) is 24.0 Å². The molecule has 0 aromatic heterocycles. The molecule has 2 aromatic carbocycles. The van der Waals surface area contributed by atoms with Crippen LogP contribution in [0.2, 0.25) is 0 Å². The highest BCUT2D eigenvalue weighted by Crippen LogP contribution is 2.28. The molecule has 0 radical (unpaired) electrons. The molecule has 4 nitrogen and oxygen atoms in total. The molecule has 0 aliphatic carbocycles. The van der Waals surface area contributed by atoms with Crippen LogP contribution in [0.4, 0.5) is 0 Å². The molecule has 5 heteroatoms. The van der Waals surface area contributed by atoms with Crippen LogP contribution in [0.3, 0.4) is 0 Å². The molecule has 1 saturated heterocycles. The van der Waals surface area contributed by atoms with E-state index in [1.807, 2.05) is 24.3 Å². The molecule has 0 bridgehead atoms. The van der Waals surface area contributed by atoms with E-state index in [9.17, 15) is 4.79 Å². The van der Waals surface area contributed by atoms with Crippen molar-refractivity contribution in [2.45, 2.75) is 58.9 Å². The molecule has 1 atom stereocenters. The van der Waals surface area contributed by atoms with Crippen molar-refractivity contribution in [3.8, 4) is 5.75 Å². The Morgan fingerprint density at radius 3 is 2.12 bits per heavy atom. The zero-order valence-corrected chi connectivity index (χ0v) is 21.0. The van der Waals surface area contributed by atoms with Gasteiger partial charge in [-0.25, -0.2) is 0 Å². The van der Waals surface area contributed by atoms with Gasteiger partial charge in [-0.3, -0.25) is 9.69 Å². The first kappa shape index (κ1) is 26.2. The quantitative estimate of drug-likeness (QED) is 0.526. The minimum absolute atomic E-state index is 0. The maximum absolute atomic E-state index is 12.8. The Balaban J connectivity index is 0.00000363. The van der Waals surface area contributed by atoms with Crippen LogP contribution in [0.1, 0.15) is 75.0 Å². The van der Waals surface area contributed by atoms with Crippen LogP contribution in [0.25, 0.3) is 0 Å². The summed E-state index contributed by atoms with van der Waals surface area (Å²) in [6.45, 7) is 14.4. The summed E-state index contributed by atoms with van der Waals surface area (Å²) in [5.41, 5.74) is 3.41. The van der Waals surface area contributed by atoms with Gasteiger partial charge in [-0.15, -0.1) is 12.4 Å². The lowest BCUT2D eigenvalue weighted by Crippen LogP contribution is -2.36. The number of amides is 1. The van der Waals surface area contributed by atoms with E-state index in [1.54, 1.807) is 0 Å². The third-order valence-corrected chi connectivity index (χ3v) is 5.90. The van der Waals surface area contributed by atoms with E-state index in [2.05, 4.69) is 69.1 Å². The molecule has 0 saturated carbocycles. The van der Waals surface area contributed by atoms with Gasteiger partial charge in [0.25, 0.3) is 5.91 Å². The molecule has 1 amide bonds. The summed E-state index contributed by atoms with van der Waals surface area (Å²) in [5.74, 6) is 1.24. The fourth-order valence-corrected chi connectivity index (χ4v) is 3.97. The minimum atomic E-state index is -0.0362. The molecule has 32 heavy (non-hydrogen) atoms. The van der Waals surface area contributed by atoms with Gasteiger partial charge in [0.1, 0.15) is 5.75 Å². The summed E-state index contributed by atoms with van der Waals surface area (Å²) in [6.07, 6.45) is 2.45. The number of carbonyl (C=O) groups excluding carboxylic acids is 1. The predicted octanol–water partition coefficient (Wildman–Crippen LogP) is 6.01. The van der Waals surface area contributed by atoms with Crippen molar-refractivity contribution in [1.82, 2.24) is 10.2 Å². The van der Waals surface area contributed by atoms with Gasteiger partial charge in [0.05, 0.1) is 12.6 Å². The Morgan fingerprint density at radius 1 is 1.00 bits per heavy atom. The van der Waals surface area contributed by atoms with Crippen LogP contribution in [0, 0.1) is 5.92 Å². The summed E-state index contributed by atoms with van der Waals surface area (Å²) in [7, 11) is 0. The molecule has 1 heterocycles. The third kappa shape index (κ3) is 7.25. The first-order valence-corrected chi connectivity index (χ1v) is 11.6. The highest BCUT2D eigenvalue weighted by molar-refractivity contribution is 5.94. The van der Waals surface area contributed by atoms with E-state index in [4.69, 9.17) is 4.74 Å². The number of benzene rings is 2. The second kappa shape index (κ2) is 11.7. The number of nitrogens with one attached hydrogen (secondary N) is 1. The maximum Gasteiger partial charge on any atom is 0.251 e. The fraction of sp³-hybridized carbons (Fsp3) is 0.519. The van der Waals surface area contributed by atoms with Gasteiger partial charge in [-0.05, 0) is 72.7 Å². The lowest BCUT2D eigenvalue weighted by Gasteiger charge is -2.29. The van der Waals surface area contributed by atoms with Gasteiger partial charge in [0.2, 0.25) is 0 Å². The summed E-state index contributed by atoms with van der Waals surface area (Å²) in [5, 5.41) is 3.17. The normalized spacial score (nSPS) is 15.3. The predicted molar refractivity (Wildman–Crippen MR) is 135 cm³/mol. The largest absolute Gasteiger partial charge is 0.493 e. The van der Waals surface area contributed by atoms with Crippen LogP contribution >= 0.6 is 12.4 Å². The van der Waals surface area contributed by atoms with Crippen molar-refractivity contribution < 1.29 is 9.53 Å². The van der Waals surface area contributed by atoms with Crippen molar-refractivity contribution in [2.24, 2.45) is 5.92 Å². The van der Waals surface area contributed by atoms with Gasteiger partial charge >= 0.3 is 0 Å². The molecule has 1 unspecified atom stereocenters. The standard InChI is InChI=1S/C27H38N2O2.ClH/c1-20(2)19-31-24-14-10-22(11-15-24)26(30)28-18-25(29-16-6-7-17-29)21-8-12-23(13-9-21)27(3,4)5;/h8-15,20,25H,6-7,16-19H2,1-5H3,(H,28,30);1H. The second-order valence-electron chi connectivity index (χ2n) is 10.1. The Morgan fingerprint density at radius 2 is 1.59 bits per heavy atom. The Labute approximate surface area is 200 Å². The van der Waals surface area contributed by atoms with Crippen molar-refractivity contribution in [2.75, 3.05) is 26.2 Å². The summed E-state index contributed by atoms with van der Waals surface area (Å²) in [4.78, 5) is 15.3. The zero-order chi connectivity index (χ0) is 22.4. The van der Waals surface area contributed by atoms with Crippen LogP contribution < -0.4 is 10.1 Å². The van der Waals surface area contributed by atoms with Crippen LogP contribution in [0.15, 0.2) is 48.5 Å². The van der Waals surface area contributed by atoms with Crippen LogP contribution in [-0.4, -0.2) is 37.0 Å². The summed E-state index contributed by atoms with van der Waals surface area (Å²) in [6, 6.07) is 16.6. The molecular weight excluding hydrogens is 420 g/mol. The highest BCUT2D eigenvalue weighted by Gasteiger charge is 2.25. The van der Waals surface area contributed by atoms with Gasteiger partial charge in [0, 0.05) is 12.1 Å². The molecule has 1 aliphatic heterocycles. The average molecular weight is 459 g/mol. The van der Waals surface area contributed by atoms with E-state index in [0.717, 1.165) is 18.8 Å². The summed E-state index contributed by atoms with van der Waals surface area (Å²) < 4.78 is 5.72. The summed E-state index contributed by atoms with van der Waals surface area (Å²) >= 11 is 0. The van der Waals surface area contributed by atoms with E-state index in [0.29, 0.717) is 24.6 Å². The van der Waals surface area contributed by atoms with E-state index >= 15 is 0 Å². The van der Waals surface area contributed by atoms with Gasteiger partial charge in [-0.1, -0.05) is 58.9 Å². The molecule has 2 aromatic rings. The number of nitrogens with zero attached hydrogens (tertiary/aromatic N) is 1. The SMILES string of the molecule is CC(C)COc1ccc(C(=O)NCC(c2ccc(C(C)(C)C)cc2)N2CCCC2)cc1.Cl. The van der Waals surface area contributed by atoms with E-state index < -0.39 is 0 Å². The first-order valence-electron chi connectivity index (χ1n) is 11.6. The lowest BCUT2D eigenvalue weighted by atomic mass is 9.86. The number of likely N-dealkylation sites (tertiary alicyclic amines) is 1. The maximum atomic E-state index is 12.8. The molecule has 176 valence electrons. The van der Waals surface area contributed by atoms with Crippen molar-refractivity contribution in [3.05, 3.63) is 65.2 Å². The van der Waals surface area contributed by atoms with Gasteiger partial charge in [-0.2, -0.15) is 0 Å². The van der Waals surface area contributed by atoms with Crippen molar-refractivity contribution >= 4 is 18.3 Å². The lowest BCUT2D eigenvalue weighted by molar-refractivity contribution is 0.0938. The molecule has 1 aliphatic rings. The molecule has 0 spiro atoms. The van der Waals surface area contributed by atoms with Crippen molar-refractivity contribution in [3.63, 3.8) is 0 Å².